The maximum Gasteiger partial charge on any atom is 0.226 e. The second-order valence-corrected chi connectivity index (χ2v) is 6.53. The van der Waals surface area contributed by atoms with E-state index in [9.17, 15) is 4.79 Å². The average Bonchev–Trinajstić information content (AvgIpc) is 2.76. The predicted octanol–water partition coefficient (Wildman–Crippen LogP) is 2.40. The van der Waals surface area contributed by atoms with Crippen LogP contribution in [-0.2, 0) is 4.79 Å². The Bertz CT molecular complexity index is 253. The third-order valence-electron chi connectivity index (χ3n) is 3.59. The van der Waals surface area contributed by atoms with Gasteiger partial charge in [0.05, 0.1) is 0 Å². The van der Waals surface area contributed by atoms with Crippen LogP contribution in [0.25, 0.3) is 0 Å². The number of nitrogens with zero attached hydrogens (tertiary/aromatic N) is 1. The first-order valence-corrected chi connectivity index (χ1v) is 7.67. The quantitative estimate of drug-likeness (QED) is 0.816. The fourth-order valence-electron chi connectivity index (χ4n) is 2.58. The normalized spacial score (nSPS) is 24.4. The van der Waals surface area contributed by atoms with E-state index in [-0.39, 0.29) is 24.2 Å². The van der Waals surface area contributed by atoms with E-state index in [1.165, 1.54) is 25.0 Å². The van der Waals surface area contributed by atoms with Crippen molar-refractivity contribution in [2.24, 2.45) is 5.92 Å². The molecule has 1 aliphatic carbocycles. The van der Waals surface area contributed by atoms with Gasteiger partial charge in [0.15, 0.2) is 0 Å². The van der Waals surface area contributed by atoms with Crippen LogP contribution in [0.15, 0.2) is 0 Å². The van der Waals surface area contributed by atoms with Gasteiger partial charge in [0, 0.05) is 30.8 Å². The van der Waals surface area contributed by atoms with Gasteiger partial charge in [-0.1, -0.05) is 13.8 Å². The number of carbonyl (C=O) groups excluding carboxylic acids is 1. The van der Waals surface area contributed by atoms with Crippen LogP contribution in [0.4, 0.5) is 0 Å². The Morgan fingerprint density at radius 3 is 2.72 bits per heavy atom. The van der Waals surface area contributed by atoms with Gasteiger partial charge in [-0.25, -0.2) is 0 Å². The van der Waals surface area contributed by atoms with Crippen molar-refractivity contribution < 1.29 is 4.79 Å². The van der Waals surface area contributed by atoms with E-state index < -0.39 is 0 Å². The highest BCUT2D eigenvalue weighted by Crippen LogP contribution is 2.32. The molecule has 1 N–H and O–H groups in total. The van der Waals surface area contributed by atoms with E-state index in [2.05, 4.69) is 12.2 Å². The lowest BCUT2D eigenvalue weighted by atomic mass is 10.1. The van der Waals surface area contributed by atoms with Gasteiger partial charge in [0.1, 0.15) is 0 Å². The van der Waals surface area contributed by atoms with Crippen LogP contribution < -0.4 is 5.32 Å². The molecular weight excluding hydrogens is 268 g/mol. The zero-order valence-electron chi connectivity index (χ0n) is 11.9. The Hall–Kier alpha value is 0.0700. The van der Waals surface area contributed by atoms with Crippen LogP contribution in [0.2, 0.25) is 0 Å². The standard InChI is InChI=1S/C13H26N2OS.ClH/c1-5-17-12-7-6-11(8-12)15(4)13(16)10(2)9-14-3;/h10-12,14H,5-9H2,1-4H3;1H. The zero-order valence-corrected chi connectivity index (χ0v) is 13.6. The topological polar surface area (TPSA) is 32.3 Å². The summed E-state index contributed by atoms with van der Waals surface area (Å²) >= 11 is 2.04. The molecule has 0 spiro atoms. The number of thioether (sulfide) groups is 1. The van der Waals surface area contributed by atoms with Gasteiger partial charge in [0.25, 0.3) is 0 Å². The van der Waals surface area contributed by atoms with Gasteiger partial charge in [0.2, 0.25) is 5.91 Å². The largest absolute Gasteiger partial charge is 0.342 e. The number of amides is 1. The van der Waals surface area contributed by atoms with Gasteiger partial charge in [-0.3, -0.25) is 4.79 Å². The van der Waals surface area contributed by atoms with Crippen molar-refractivity contribution in [3.63, 3.8) is 0 Å². The van der Waals surface area contributed by atoms with E-state index in [1.54, 1.807) is 0 Å². The number of hydrogen-bond acceptors (Lipinski definition) is 3. The minimum absolute atomic E-state index is 0. The molecule has 0 aromatic carbocycles. The summed E-state index contributed by atoms with van der Waals surface area (Å²) in [4.78, 5) is 14.1. The summed E-state index contributed by atoms with van der Waals surface area (Å²) in [7, 11) is 3.87. The highest BCUT2D eigenvalue weighted by molar-refractivity contribution is 7.99. The molecule has 0 heterocycles. The minimum Gasteiger partial charge on any atom is -0.342 e. The Kier molecular flexibility index (Phi) is 9.09. The number of nitrogens with one attached hydrogen (secondary N) is 1. The summed E-state index contributed by atoms with van der Waals surface area (Å²) in [6.45, 7) is 4.98. The first kappa shape index (κ1) is 18.1. The summed E-state index contributed by atoms with van der Waals surface area (Å²) in [5, 5.41) is 3.84. The van der Waals surface area contributed by atoms with Crippen molar-refractivity contribution in [2.45, 2.75) is 44.4 Å². The summed E-state index contributed by atoms with van der Waals surface area (Å²) in [5.74, 6) is 1.56. The highest BCUT2D eigenvalue weighted by Gasteiger charge is 2.31. The van der Waals surface area contributed by atoms with Gasteiger partial charge >= 0.3 is 0 Å². The molecule has 0 radical (unpaired) electrons. The number of halogens is 1. The van der Waals surface area contributed by atoms with Gasteiger partial charge in [-0.15, -0.1) is 12.4 Å². The molecule has 18 heavy (non-hydrogen) atoms. The molecule has 3 nitrogen and oxygen atoms in total. The second-order valence-electron chi connectivity index (χ2n) is 4.95. The Balaban J connectivity index is 0.00000289. The molecule has 5 heteroatoms. The van der Waals surface area contributed by atoms with Crippen LogP contribution >= 0.6 is 24.2 Å². The van der Waals surface area contributed by atoms with Crippen molar-refractivity contribution in [3.8, 4) is 0 Å². The van der Waals surface area contributed by atoms with Crippen LogP contribution in [0.3, 0.4) is 0 Å². The van der Waals surface area contributed by atoms with Gasteiger partial charge < -0.3 is 10.2 Å². The number of rotatable bonds is 6. The van der Waals surface area contributed by atoms with Crippen molar-refractivity contribution in [1.29, 1.82) is 0 Å². The molecule has 0 aromatic rings. The Morgan fingerprint density at radius 2 is 2.17 bits per heavy atom. The van der Waals surface area contributed by atoms with E-state index >= 15 is 0 Å². The molecule has 3 unspecified atom stereocenters. The molecule has 108 valence electrons. The third-order valence-corrected chi connectivity index (χ3v) is 4.82. The summed E-state index contributed by atoms with van der Waals surface area (Å²) in [6.07, 6.45) is 3.61. The minimum atomic E-state index is 0. The van der Waals surface area contributed by atoms with E-state index in [0.29, 0.717) is 6.04 Å². The van der Waals surface area contributed by atoms with Crippen LogP contribution in [0, 0.1) is 5.92 Å². The summed E-state index contributed by atoms with van der Waals surface area (Å²) < 4.78 is 0. The molecule has 1 aliphatic rings. The van der Waals surface area contributed by atoms with E-state index in [0.717, 1.165) is 11.8 Å². The first-order valence-electron chi connectivity index (χ1n) is 6.63. The Labute approximate surface area is 122 Å². The molecule has 1 amide bonds. The third kappa shape index (κ3) is 4.98. The van der Waals surface area contributed by atoms with Crippen molar-refractivity contribution in [1.82, 2.24) is 10.2 Å². The molecule has 0 aromatic heterocycles. The summed E-state index contributed by atoms with van der Waals surface area (Å²) in [5.41, 5.74) is 0. The molecule has 1 rings (SSSR count). The van der Waals surface area contributed by atoms with Gasteiger partial charge in [-0.2, -0.15) is 11.8 Å². The molecule has 0 bridgehead atoms. The van der Waals surface area contributed by atoms with Crippen molar-refractivity contribution >= 4 is 30.1 Å². The predicted molar refractivity (Wildman–Crippen MR) is 82.7 cm³/mol. The number of hydrogen-bond donors (Lipinski definition) is 1. The molecular formula is C13H27ClN2OS. The second kappa shape index (κ2) is 9.05. The molecule has 1 saturated carbocycles. The van der Waals surface area contributed by atoms with Crippen molar-refractivity contribution in [2.75, 3.05) is 26.4 Å². The lowest BCUT2D eigenvalue weighted by molar-refractivity contribution is -0.135. The first-order chi connectivity index (χ1) is 8.10. The maximum atomic E-state index is 12.2. The summed E-state index contributed by atoms with van der Waals surface area (Å²) in [6, 6.07) is 0.464. The fourth-order valence-corrected chi connectivity index (χ4v) is 3.71. The van der Waals surface area contributed by atoms with E-state index in [1.807, 2.05) is 37.7 Å². The average molecular weight is 295 g/mol. The van der Waals surface area contributed by atoms with E-state index in [4.69, 9.17) is 0 Å². The monoisotopic (exact) mass is 294 g/mol. The fraction of sp³-hybridized carbons (Fsp3) is 0.923. The Morgan fingerprint density at radius 1 is 1.50 bits per heavy atom. The maximum absolute atomic E-state index is 12.2. The van der Waals surface area contributed by atoms with Crippen LogP contribution in [-0.4, -0.2) is 48.5 Å². The lowest BCUT2D eigenvalue weighted by Crippen LogP contribution is -2.41. The van der Waals surface area contributed by atoms with Crippen LogP contribution in [0.1, 0.15) is 33.1 Å². The molecule has 0 saturated heterocycles. The zero-order chi connectivity index (χ0) is 12.8. The van der Waals surface area contributed by atoms with Gasteiger partial charge in [-0.05, 0) is 32.1 Å². The van der Waals surface area contributed by atoms with Crippen molar-refractivity contribution in [3.05, 3.63) is 0 Å². The SMILES string of the molecule is CCSC1CCC(N(C)C(=O)C(C)CNC)C1.Cl. The molecule has 0 aliphatic heterocycles. The highest BCUT2D eigenvalue weighted by atomic mass is 35.5. The lowest BCUT2D eigenvalue weighted by Gasteiger charge is -2.27. The number of carbonyl (C=O) groups is 1. The molecule has 3 atom stereocenters. The van der Waals surface area contributed by atoms with Crippen LogP contribution in [0.5, 0.6) is 0 Å². The smallest absolute Gasteiger partial charge is 0.226 e. The molecule has 1 fully saturated rings.